The Morgan fingerprint density at radius 1 is 1.09 bits per heavy atom. The molecule has 0 aliphatic rings. The van der Waals surface area contributed by atoms with Gasteiger partial charge in [0.05, 0.1) is 5.25 Å². The summed E-state index contributed by atoms with van der Waals surface area (Å²) in [5.41, 5.74) is 0.791. The Bertz CT molecular complexity index is 1350. The Kier molecular flexibility index (Phi) is 7.35. The Morgan fingerprint density at radius 3 is 2.35 bits per heavy atom. The zero-order chi connectivity index (χ0) is 25.4. The number of anilines is 1. The van der Waals surface area contributed by atoms with E-state index in [-0.39, 0.29) is 16.9 Å². The van der Waals surface area contributed by atoms with E-state index in [4.69, 9.17) is 0 Å². The van der Waals surface area contributed by atoms with Gasteiger partial charge in [-0.3, -0.25) is 18.7 Å². The van der Waals surface area contributed by atoms with Crippen LogP contribution in [0, 0.1) is 0 Å². The summed E-state index contributed by atoms with van der Waals surface area (Å²) in [6.45, 7) is 11.9. The molecule has 2 aromatic heterocycles. The lowest BCUT2D eigenvalue weighted by atomic mass is 9.96. The van der Waals surface area contributed by atoms with E-state index in [1.54, 1.807) is 14.0 Å². The molecule has 34 heavy (non-hydrogen) atoms. The molecule has 0 fully saturated rings. The van der Waals surface area contributed by atoms with Crippen molar-refractivity contribution in [1.29, 1.82) is 0 Å². The van der Waals surface area contributed by atoms with Crippen LogP contribution in [0.5, 0.6) is 0 Å². The third kappa shape index (κ3) is 4.94. The van der Waals surface area contributed by atoms with E-state index in [0.29, 0.717) is 16.8 Å². The predicted molar refractivity (Wildman–Crippen MR) is 138 cm³/mol. The quantitative estimate of drug-likeness (QED) is 0.421. The summed E-state index contributed by atoms with van der Waals surface area (Å²) in [6.07, 6.45) is 0.960. The minimum Gasteiger partial charge on any atom is -0.325 e. The summed E-state index contributed by atoms with van der Waals surface area (Å²) in [4.78, 5) is 47.9. The second-order valence-corrected chi connectivity index (χ2v) is 11.0. The second kappa shape index (κ2) is 9.74. The van der Waals surface area contributed by atoms with E-state index in [9.17, 15) is 14.4 Å². The number of carbonyl (C=O) groups is 1. The molecule has 0 saturated heterocycles. The first-order valence-corrected chi connectivity index (χ1v) is 12.3. The lowest BCUT2D eigenvalue weighted by Crippen LogP contribution is -2.38. The van der Waals surface area contributed by atoms with Crippen molar-refractivity contribution in [2.45, 2.75) is 69.6 Å². The number of hydrogen-bond acceptors (Lipinski definition) is 6. The molecule has 1 amide bonds. The van der Waals surface area contributed by atoms with Gasteiger partial charge in [-0.15, -0.1) is 0 Å². The fraction of sp³-hybridized carbons (Fsp3) is 0.480. The first kappa shape index (κ1) is 25.7. The molecule has 0 radical (unpaired) electrons. The van der Waals surface area contributed by atoms with Crippen molar-refractivity contribution in [2.24, 2.45) is 14.1 Å². The maximum atomic E-state index is 13.2. The van der Waals surface area contributed by atoms with Crippen molar-refractivity contribution < 1.29 is 4.79 Å². The minimum absolute atomic E-state index is 0.188. The normalized spacial score (nSPS) is 13.6. The van der Waals surface area contributed by atoms with Crippen molar-refractivity contribution in [1.82, 2.24) is 19.1 Å². The van der Waals surface area contributed by atoms with E-state index < -0.39 is 21.9 Å². The molecule has 0 aliphatic carbocycles. The number of aromatic nitrogens is 4. The average Bonchev–Trinajstić information content (AvgIpc) is 2.80. The van der Waals surface area contributed by atoms with Crippen LogP contribution in [-0.4, -0.2) is 30.3 Å². The number of amides is 1. The average molecular weight is 484 g/mol. The van der Waals surface area contributed by atoms with Crippen LogP contribution in [-0.2, 0) is 24.3 Å². The number of carbonyl (C=O) groups excluding carboxylic acids is 1. The van der Waals surface area contributed by atoms with E-state index in [1.165, 1.54) is 23.4 Å². The molecule has 1 N–H and O–H groups in total. The Labute approximate surface area is 203 Å². The second-order valence-electron chi connectivity index (χ2n) is 9.65. The summed E-state index contributed by atoms with van der Waals surface area (Å²) in [5, 5.41) is 3.13. The number of nitrogens with one attached hydrogen (secondary N) is 1. The van der Waals surface area contributed by atoms with Crippen molar-refractivity contribution >= 4 is 34.4 Å². The smallest absolute Gasteiger partial charge is 0.325 e. The van der Waals surface area contributed by atoms with Gasteiger partial charge in [0.25, 0.3) is 5.56 Å². The predicted octanol–water partition coefficient (Wildman–Crippen LogP) is 3.96. The highest BCUT2D eigenvalue weighted by molar-refractivity contribution is 8.00. The standard InChI is InChI=1S/C25H33N5O3S/c1-9-14(2)16-12-10-11-13-17(16)26-20(31)15(3)34-21-18-19(27-23(28-21)25(4,5)6)29(7)24(33)30(8)22(18)32/h10-15H,9H2,1-8H3,(H,26,31). The van der Waals surface area contributed by atoms with Gasteiger partial charge in [0.2, 0.25) is 5.91 Å². The van der Waals surface area contributed by atoms with Crippen molar-refractivity contribution in [3.8, 4) is 0 Å². The first-order valence-electron chi connectivity index (χ1n) is 11.4. The zero-order valence-corrected chi connectivity index (χ0v) is 21.9. The van der Waals surface area contributed by atoms with Gasteiger partial charge in [0, 0.05) is 25.2 Å². The number of thioether (sulfide) groups is 1. The highest BCUT2D eigenvalue weighted by atomic mass is 32.2. The van der Waals surface area contributed by atoms with E-state index in [2.05, 4.69) is 29.1 Å². The maximum absolute atomic E-state index is 13.2. The molecule has 0 aliphatic heterocycles. The summed E-state index contributed by atoms with van der Waals surface area (Å²) >= 11 is 1.20. The molecular weight excluding hydrogens is 450 g/mol. The zero-order valence-electron chi connectivity index (χ0n) is 21.1. The Morgan fingerprint density at radius 2 is 1.74 bits per heavy atom. The highest BCUT2D eigenvalue weighted by Crippen LogP contribution is 2.31. The Hall–Kier alpha value is -2.94. The fourth-order valence-electron chi connectivity index (χ4n) is 3.57. The number of fused-ring (bicyclic) bond motifs is 1. The molecule has 3 rings (SSSR count). The molecular formula is C25H33N5O3S. The SMILES string of the molecule is CCC(C)c1ccccc1NC(=O)C(C)Sc1nc(C(C)(C)C)nc2c1c(=O)n(C)c(=O)n2C. The van der Waals surface area contributed by atoms with Crippen LogP contribution in [0.3, 0.4) is 0 Å². The van der Waals surface area contributed by atoms with Crippen LogP contribution in [0.2, 0.25) is 0 Å². The lowest BCUT2D eigenvalue weighted by molar-refractivity contribution is -0.115. The molecule has 0 spiro atoms. The number of nitrogens with zero attached hydrogens (tertiary/aromatic N) is 4. The third-order valence-corrected chi connectivity index (χ3v) is 7.04. The van der Waals surface area contributed by atoms with Crippen molar-refractivity contribution in [3.05, 3.63) is 56.5 Å². The van der Waals surface area contributed by atoms with Gasteiger partial charge in [-0.1, -0.05) is 64.6 Å². The van der Waals surface area contributed by atoms with Gasteiger partial charge in [-0.25, -0.2) is 14.8 Å². The Balaban J connectivity index is 2.05. The van der Waals surface area contributed by atoms with Crippen LogP contribution >= 0.6 is 11.8 Å². The minimum atomic E-state index is -0.544. The van der Waals surface area contributed by atoms with Gasteiger partial charge in [-0.05, 0) is 30.9 Å². The molecule has 182 valence electrons. The maximum Gasteiger partial charge on any atom is 0.332 e. The van der Waals surface area contributed by atoms with Crippen LogP contribution in [0.25, 0.3) is 11.0 Å². The van der Waals surface area contributed by atoms with Crippen LogP contribution in [0.4, 0.5) is 5.69 Å². The topological polar surface area (TPSA) is 98.9 Å². The molecule has 2 heterocycles. The van der Waals surface area contributed by atoms with Crippen molar-refractivity contribution in [2.75, 3.05) is 5.32 Å². The summed E-state index contributed by atoms with van der Waals surface area (Å²) in [5.74, 6) is 0.621. The van der Waals surface area contributed by atoms with E-state index in [0.717, 1.165) is 22.2 Å². The van der Waals surface area contributed by atoms with Crippen molar-refractivity contribution in [3.63, 3.8) is 0 Å². The summed E-state index contributed by atoms with van der Waals surface area (Å²) < 4.78 is 2.39. The highest BCUT2D eigenvalue weighted by Gasteiger charge is 2.26. The number of benzene rings is 1. The lowest BCUT2D eigenvalue weighted by Gasteiger charge is -2.21. The number of aryl methyl sites for hydroxylation is 1. The van der Waals surface area contributed by atoms with Gasteiger partial charge < -0.3 is 5.32 Å². The van der Waals surface area contributed by atoms with E-state index in [1.807, 2.05) is 45.0 Å². The molecule has 1 aromatic carbocycles. The first-order chi connectivity index (χ1) is 15.9. The van der Waals surface area contributed by atoms with Gasteiger partial charge in [0.1, 0.15) is 16.2 Å². The number of hydrogen-bond donors (Lipinski definition) is 1. The summed E-state index contributed by atoms with van der Waals surface area (Å²) in [7, 11) is 3.01. The van der Waals surface area contributed by atoms with Gasteiger partial charge in [-0.2, -0.15) is 0 Å². The van der Waals surface area contributed by atoms with Crippen LogP contribution in [0.1, 0.15) is 65.3 Å². The van der Waals surface area contributed by atoms with Crippen LogP contribution < -0.4 is 16.6 Å². The third-order valence-electron chi connectivity index (χ3n) is 5.96. The fourth-order valence-corrected chi connectivity index (χ4v) is 4.50. The molecule has 0 saturated carbocycles. The monoisotopic (exact) mass is 483 g/mol. The number of rotatable bonds is 6. The molecule has 0 bridgehead atoms. The van der Waals surface area contributed by atoms with Gasteiger partial charge >= 0.3 is 5.69 Å². The molecule has 9 heteroatoms. The van der Waals surface area contributed by atoms with E-state index >= 15 is 0 Å². The molecule has 2 atom stereocenters. The largest absolute Gasteiger partial charge is 0.332 e. The molecule has 8 nitrogen and oxygen atoms in total. The summed E-state index contributed by atoms with van der Waals surface area (Å²) in [6, 6.07) is 7.80. The van der Waals surface area contributed by atoms with Gasteiger partial charge in [0.15, 0.2) is 5.65 Å². The molecule has 3 aromatic rings. The number of para-hydroxylation sites is 1. The molecule has 2 unspecified atom stereocenters. The van der Waals surface area contributed by atoms with Crippen LogP contribution in [0.15, 0.2) is 38.9 Å².